The number of hydrogen-bond acceptors (Lipinski definition) is 3. The minimum atomic E-state index is -0.0924. The van der Waals surface area contributed by atoms with Gasteiger partial charge in [0.25, 0.3) is 0 Å². The van der Waals surface area contributed by atoms with Crippen molar-refractivity contribution in [1.82, 2.24) is 5.43 Å². The molecule has 0 heterocycles. The van der Waals surface area contributed by atoms with Crippen molar-refractivity contribution in [1.29, 1.82) is 0 Å². The summed E-state index contributed by atoms with van der Waals surface area (Å²) in [5, 5.41) is 4.25. The van der Waals surface area contributed by atoms with Crippen LogP contribution in [-0.4, -0.2) is 17.9 Å². The van der Waals surface area contributed by atoms with Crippen LogP contribution in [0.25, 0.3) is 11.1 Å². The number of hydrazone groups is 1. The third-order valence-electron chi connectivity index (χ3n) is 4.64. The van der Waals surface area contributed by atoms with Crippen molar-refractivity contribution in [3.05, 3.63) is 95.1 Å². The van der Waals surface area contributed by atoms with Crippen molar-refractivity contribution >= 4 is 23.9 Å². The SMILES string of the molecule is Cc1ccc(/C=N\NC(=O)CSC2c3ccccc3-c3ccccc32)cc1. The van der Waals surface area contributed by atoms with E-state index in [1.54, 1.807) is 18.0 Å². The molecule has 1 aliphatic rings. The number of benzene rings is 3. The van der Waals surface area contributed by atoms with E-state index in [9.17, 15) is 4.79 Å². The largest absolute Gasteiger partial charge is 0.272 e. The first kappa shape index (κ1) is 17.6. The second-order valence-electron chi connectivity index (χ2n) is 6.57. The monoisotopic (exact) mass is 372 g/mol. The van der Waals surface area contributed by atoms with Gasteiger partial charge >= 0.3 is 0 Å². The summed E-state index contributed by atoms with van der Waals surface area (Å²) in [4.78, 5) is 12.2. The van der Waals surface area contributed by atoms with Crippen LogP contribution >= 0.6 is 11.8 Å². The summed E-state index contributed by atoms with van der Waals surface area (Å²) in [6.45, 7) is 2.04. The van der Waals surface area contributed by atoms with Crippen molar-refractivity contribution in [2.24, 2.45) is 5.10 Å². The molecular formula is C23H20N2OS. The highest BCUT2D eigenvalue weighted by Crippen LogP contribution is 2.49. The molecule has 4 heteroatoms. The maximum Gasteiger partial charge on any atom is 0.250 e. The lowest BCUT2D eigenvalue weighted by atomic mass is 10.1. The zero-order valence-electron chi connectivity index (χ0n) is 15.1. The number of nitrogens with one attached hydrogen (secondary N) is 1. The zero-order valence-corrected chi connectivity index (χ0v) is 15.9. The molecule has 1 N–H and O–H groups in total. The molecule has 3 aromatic rings. The third kappa shape index (κ3) is 3.81. The van der Waals surface area contributed by atoms with E-state index in [-0.39, 0.29) is 11.2 Å². The van der Waals surface area contributed by atoms with Gasteiger partial charge in [-0.2, -0.15) is 5.10 Å². The van der Waals surface area contributed by atoms with Crippen LogP contribution in [0.4, 0.5) is 0 Å². The molecule has 0 spiro atoms. The van der Waals surface area contributed by atoms with E-state index in [0.717, 1.165) is 5.56 Å². The van der Waals surface area contributed by atoms with Crippen LogP contribution in [0.1, 0.15) is 27.5 Å². The first-order chi connectivity index (χ1) is 13.2. The fraction of sp³-hybridized carbons (Fsp3) is 0.130. The molecule has 3 aromatic carbocycles. The molecule has 0 radical (unpaired) electrons. The first-order valence-corrected chi connectivity index (χ1v) is 9.95. The van der Waals surface area contributed by atoms with Gasteiger partial charge in [-0.3, -0.25) is 4.79 Å². The van der Waals surface area contributed by atoms with Gasteiger partial charge in [0, 0.05) is 0 Å². The van der Waals surface area contributed by atoms with Gasteiger partial charge in [0.15, 0.2) is 0 Å². The fourth-order valence-corrected chi connectivity index (χ4v) is 4.46. The molecule has 1 amide bonds. The van der Waals surface area contributed by atoms with Gasteiger partial charge in [-0.25, -0.2) is 5.43 Å². The van der Waals surface area contributed by atoms with E-state index < -0.39 is 0 Å². The molecule has 0 unspecified atom stereocenters. The van der Waals surface area contributed by atoms with Crippen molar-refractivity contribution in [3.63, 3.8) is 0 Å². The van der Waals surface area contributed by atoms with E-state index in [0.29, 0.717) is 5.75 Å². The van der Waals surface area contributed by atoms with Gasteiger partial charge in [-0.05, 0) is 34.7 Å². The van der Waals surface area contributed by atoms with Crippen LogP contribution in [-0.2, 0) is 4.79 Å². The summed E-state index contributed by atoms with van der Waals surface area (Å²) in [5.41, 5.74) is 9.88. The minimum absolute atomic E-state index is 0.0924. The predicted octanol–water partition coefficient (Wildman–Crippen LogP) is 4.95. The summed E-state index contributed by atoms with van der Waals surface area (Å²) in [5.74, 6) is 0.267. The molecule has 3 nitrogen and oxygen atoms in total. The smallest absolute Gasteiger partial charge is 0.250 e. The Hall–Kier alpha value is -2.85. The first-order valence-electron chi connectivity index (χ1n) is 8.91. The van der Waals surface area contributed by atoms with Crippen molar-refractivity contribution in [2.45, 2.75) is 12.2 Å². The predicted molar refractivity (Wildman–Crippen MR) is 113 cm³/mol. The van der Waals surface area contributed by atoms with Crippen LogP contribution < -0.4 is 5.43 Å². The Labute approximate surface area is 163 Å². The molecule has 1 aliphatic carbocycles. The zero-order chi connectivity index (χ0) is 18.6. The topological polar surface area (TPSA) is 41.5 Å². The van der Waals surface area contributed by atoms with E-state index in [4.69, 9.17) is 0 Å². The molecule has 0 fully saturated rings. The molecule has 0 atom stereocenters. The second kappa shape index (κ2) is 7.80. The molecule has 0 saturated carbocycles. The Kier molecular flexibility index (Phi) is 5.07. The number of carbonyl (C=O) groups excluding carboxylic acids is 1. The Morgan fingerprint density at radius 3 is 2.19 bits per heavy atom. The summed E-state index contributed by atoms with van der Waals surface area (Å²) < 4.78 is 0. The summed E-state index contributed by atoms with van der Waals surface area (Å²) >= 11 is 1.64. The number of thioether (sulfide) groups is 1. The van der Waals surface area contributed by atoms with Crippen molar-refractivity contribution in [2.75, 3.05) is 5.75 Å². The molecule has 27 heavy (non-hydrogen) atoms. The van der Waals surface area contributed by atoms with Gasteiger partial charge < -0.3 is 0 Å². The van der Waals surface area contributed by atoms with Crippen molar-refractivity contribution < 1.29 is 4.79 Å². The Morgan fingerprint density at radius 2 is 1.56 bits per heavy atom. The highest BCUT2D eigenvalue weighted by atomic mass is 32.2. The molecule has 4 rings (SSSR count). The average Bonchev–Trinajstić information content (AvgIpc) is 3.02. The van der Waals surface area contributed by atoms with Gasteiger partial charge in [0.05, 0.1) is 17.2 Å². The molecule has 0 aromatic heterocycles. The maximum atomic E-state index is 12.2. The Balaban J connectivity index is 1.40. The molecule has 0 bridgehead atoms. The summed E-state index contributed by atoms with van der Waals surface area (Å²) in [6.07, 6.45) is 1.67. The van der Waals surface area contributed by atoms with Crippen LogP contribution in [0.3, 0.4) is 0 Å². The molecule has 0 saturated heterocycles. The number of hydrogen-bond donors (Lipinski definition) is 1. The quantitative estimate of drug-likeness (QED) is 0.509. The Morgan fingerprint density at radius 1 is 0.963 bits per heavy atom. The fourth-order valence-electron chi connectivity index (χ4n) is 3.31. The van der Waals surface area contributed by atoms with Crippen LogP contribution in [0, 0.1) is 6.92 Å². The van der Waals surface area contributed by atoms with Gasteiger partial charge in [0.1, 0.15) is 0 Å². The van der Waals surface area contributed by atoms with Crippen molar-refractivity contribution in [3.8, 4) is 11.1 Å². The number of aryl methyl sites for hydroxylation is 1. The number of carbonyl (C=O) groups is 1. The lowest BCUT2D eigenvalue weighted by Crippen LogP contribution is -2.20. The lowest BCUT2D eigenvalue weighted by molar-refractivity contribution is -0.118. The number of rotatable bonds is 5. The van der Waals surface area contributed by atoms with Crippen LogP contribution in [0.5, 0.6) is 0 Å². The number of amides is 1. The minimum Gasteiger partial charge on any atom is -0.272 e. The van der Waals surface area contributed by atoms with Crippen LogP contribution in [0.2, 0.25) is 0 Å². The van der Waals surface area contributed by atoms with E-state index in [2.05, 4.69) is 59.1 Å². The summed E-state index contributed by atoms with van der Waals surface area (Å²) in [7, 11) is 0. The third-order valence-corrected chi connectivity index (χ3v) is 5.91. The number of nitrogens with zero attached hydrogens (tertiary/aromatic N) is 1. The average molecular weight is 372 g/mol. The van der Waals surface area contributed by atoms with E-state index in [1.807, 2.05) is 31.2 Å². The Bertz CT molecular complexity index is 950. The van der Waals surface area contributed by atoms with E-state index >= 15 is 0 Å². The lowest BCUT2D eigenvalue weighted by Gasteiger charge is -2.12. The van der Waals surface area contributed by atoms with Gasteiger partial charge in [0.2, 0.25) is 5.91 Å². The number of fused-ring (bicyclic) bond motifs is 3. The normalized spacial score (nSPS) is 12.8. The second-order valence-corrected chi connectivity index (χ2v) is 7.66. The van der Waals surface area contributed by atoms with Crippen LogP contribution in [0.15, 0.2) is 77.9 Å². The molecular weight excluding hydrogens is 352 g/mol. The van der Waals surface area contributed by atoms with Gasteiger partial charge in [-0.15, -0.1) is 11.8 Å². The standard InChI is InChI=1S/C23H20N2OS/c1-16-10-12-17(13-11-16)14-24-25-22(26)15-27-23-20-8-4-2-6-18(20)19-7-3-5-9-21(19)23/h2-14,23H,15H2,1H3,(H,25,26)/b24-14-. The molecule has 134 valence electrons. The van der Waals surface area contributed by atoms with Gasteiger partial charge in [-0.1, -0.05) is 78.4 Å². The highest BCUT2D eigenvalue weighted by Gasteiger charge is 2.28. The summed E-state index contributed by atoms with van der Waals surface area (Å²) in [6, 6.07) is 24.9. The molecule has 0 aliphatic heterocycles. The highest BCUT2D eigenvalue weighted by molar-refractivity contribution is 8.00. The van der Waals surface area contributed by atoms with E-state index in [1.165, 1.54) is 27.8 Å². The maximum absolute atomic E-state index is 12.2.